The molecule has 0 radical (unpaired) electrons. The molecular weight excluding hydrogens is 346 g/mol. The van der Waals surface area contributed by atoms with E-state index in [4.69, 9.17) is 4.42 Å². The molecule has 4 heterocycles. The molecule has 132 valence electrons. The molecule has 0 bridgehead atoms. The second-order valence-corrected chi connectivity index (χ2v) is 6.05. The van der Waals surface area contributed by atoms with E-state index in [0.717, 1.165) is 21.8 Å². The fourth-order valence-corrected chi connectivity index (χ4v) is 2.98. The first-order valence-corrected chi connectivity index (χ1v) is 8.15. The van der Waals surface area contributed by atoms with E-state index < -0.39 is 0 Å². The van der Waals surface area contributed by atoms with Crippen LogP contribution in [0, 0.1) is 0 Å². The van der Waals surface area contributed by atoms with E-state index in [-0.39, 0.29) is 5.91 Å². The van der Waals surface area contributed by atoms with Gasteiger partial charge in [0.1, 0.15) is 11.4 Å². The van der Waals surface area contributed by atoms with E-state index >= 15 is 0 Å². The average molecular weight is 359 g/mol. The lowest BCUT2D eigenvalue weighted by Crippen LogP contribution is -2.13. The summed E-state index contributed by atoms with van der Waals surface area (Å²) in [6, 6.07) is 7.19. The minimum Gasteiger partial charge on any atom is -0.442 e. The molecule has 0 fully saturated rings. The van der Waals surface area contributed by atoms with Gasteiger partial charge in [-0.25, -0.2) is 9.97 Å². The van der Waals surface area contributed by atoms with Crippen molar-refractivity contribution in [1.29, 1.82) is 0 Å². The molecule has 0 aliphatic carbocycles. The SMILES string of the molecule is Cn1ncc2cc(C(=O)Nc3ccc4[nH]nc(-c5cnco5)c4c3)ncc21. The molecule has 0 unspecified atom stereocenters. The molecule has 5 rings (SSSR count). The van der Waals surface area contributed by atoms with Crippen LogP contribution in [0.2, 0.25) is 0 Å². The van der Waals surface area contributed by atoms with Crippen LogP contribution in [0.3, 0.4) is 0 Å². The summed E-state index contributed by atoms with van der Waals surface area (Å²) in [4.78, 5) is 20.7. The Kier molecular flexibility index (Phi) is 3.26. The van der Waals surface area contributed by atoms with Crippen molar-refractivity contribution in [3.05, 3.63) is 54.9 Å². The Labute approximate surface area is 152 Å². The number of oxazole rings is 1. The Morgan fingerprint density at radius 2 is 2.15 bits per heavy atom. The first-order valence-electron chi connectivity index (χ1n) is 8.15. The first-order chi connectivity index (χ1) is 13.2. The predicted octanol–water partition coefficient (Wildman–Crippen LogP) is 2.75. The van der Waals surface area contributed by atoms with Crippen LogP contribution in [-0.4, -0.2) is 35.9 Å². The third-order valence-electron chi connectivity index (χ3n) is 4.35. The summed E-state index contributed by atoms with van der Waals surface area (Å²) in [5, 5.41) is 15.9. The van der Waals surface area contributed by atoms with Crippen LogP contribution in [0.15, 0.2) is 53.7 Å². The molecule has 5 aromatic rings. The fourth-order valence-electron chi connectivity index (χ4n) is 2.98. The number of anilines is 1. The second-order valence-electron chi connectivity index (χ2n) is 6.05. The van der Waals surface area contributed by atoms with Gasteiger partial charge >= 0.3 is 0 Å². The highest BCUT2D eigenvalue weighted by molar-refractivity contribution is 6.06. The number of nitrogens with zero attached hydrogens (tertiary/aromatic N) is 5. The molecule has 9 heteroatoms. The standard InChI is InChI=1S/C18H13N7O2/c1-25-15-7-20-14(4-10(15)6-21-25)18(26)22-11-2-3-13-12(5-11)17(24-23-13)16-8-19-9-27-16/h2-9H,1H3,(H,22,26)(H,23,24). The Bertz CT molecular complexity index is 1280. The van der Waals surface area contributed by atoms with Crippen LogP contribution < -0.4 is 5.32 Å². The third kappa shape index (κ3) is 2.53. The normalized spacial score (nSPS) is 11.3. The second kappa shape index (κ2) is 5.77. The number of pyridine rings is 1. The summed E-state index contributed by atoms with van der Waals surface area (Å²) in [6.45, 7) is 0. The van der Waals surface area contributed by atoms with Gasteiger partial charge in [0.2, 0.25) is 0 Å². The lowest BCUT2D eigenvalue weighted by atomic mass is 10.1. The van der Waals surface area contributed by atoms with Gasteiger partial charge in [-0.05, 0) is 24.3 Å². The summed E-state index contributed by atoms with van der Waals surface area (Å²) in [5.74, 6) is 0.248. The van der Waals surface area contributed by atoms with Gasteiger partial charge in [-0.1, -0.05) is 0 Å². The molecule has 2 N–H and O–H groups in total. The maximum Gasteiger partial charge on any atom is 0.274 e. The van der Waals surface area contributed by atoms with Crippen LogP contribution in [0.4, 0.5) is 5.69 Å². The van der Waals surface area contributed by atoms with E-state index in [1.54, 1.807) is 35.4 Å². The Balaban J connectivity index is 1.48. The molecule has 1 amide bonds. The number of aryl methyl sites for hydroxylation is 1. The van der Waals surface area contributed by atoms with Crippen molar-refractivity contribution in [2.24, 2.45) is 7.05 Å². The van der Waals surface area contributed by atoms with Crippen molar-refractivity contribution in [3.8, 4) is 11.5 Å². The zero-order chi connectivity index (χ0) is 18.4. The van der Waals surface area contributed by atoms with Gasteiger partial charge in [-0.15, -0.1) is 0 Å². The zero-order valence-electron chi connectivity index (χ0n) is 14.2. The summed E-state index contributed by atoms with van der Waals surface area (Å²) in [5.41, 5.74) is 3.27. The highest BCUT2D eigenvalue weighted by Gasteiger charge is 2.14. The Morgan fingerprint density at radius 3 is 3.00 bits per heavy atom. The van der Waals surface area contributed by atoms with Gasteiger partial charge in [-0.2, -0.15) is 10.2 Å². The Morgan fingerprint density at radius 1 is 1.22 bits per heavy atom. The minimum absolute atomic E-state index is 0.301. The first kappa shape index (κ1) is 15.3. The number of fused-ring (bicyclic) bond motifs is 2. The maximum absolute atomic E-state index is 12.6. The number of rotatable bonds is 3. The van der Waals surface area contributed by atoms with E-state index in [2.05, 4.69) is 30.6 Å². The highest BCUT2D eigenvalue weighted by Crippen LogP contribution is 2.28. The zero-order valence-corrected chi connectivity index (χ0v) is 14.2. The monoisotopic (exact) mass is 359 g/mol. The van der Waals surface area contributed by atoms with Gasteiger partial charge in [-0.3, -0.25) is 14.6 Å². The number of nitrogens with one attached hydrogen (secondary N) is 2. The molecule has 0 aliphatic heterocycles. The lowest BCUT2D eigenvalue weighted by Gasteiger charge is -2.05. The van der Waals surface area contributed by atoms with Gasteiger partial charge in [0.05, 0.1) is 29.6 Å². The summed E-state index contributed by atoms with van der Waals surface area (Å²) < 4.78 is 7.03. The predicted molar refractivity (Wildman–Crippen MR) is 98.1 cm³/mol. The molecule has 4 aromatic heterocycles. The molecule has 0 spiro atoms. The van der Waals surface area contributed by atoms with Crippen molar-refractivity contribution >= 4 is 33.4 Å². The minimum atomic E-state index is -0.301. The van der Waals surface area contributed by atoms with E-state index in [1.165, 1.54) is 6.39 Å². The molecule has 9 nitrogen and oxygen atoms in total. The molecule has 0 saturated carbocycles. The van der Waals surface area contributed by atoms with Crippen molar-refractivity contribution in [2.75, 3.05) is 5.32 Å². The molecule has 0 atom stereocenters. The number of hydrogen-bond acceptors (Lipinski definition) is 6. The van der Waals surface area contributed by atoms with Crippen molar-refractivity contribution in [1.82, 2.24) is 29.9 Å². The lowest BCUT2D eigenvalue weighted by molar-refractivity contribution is 0.102. The topological polar surface area (TPSA) is 115 Å². The van der Waals surface area contributed by atoms with Crippen LogP contribution in [0.5, 0.6) is 0 Å². The number of benzene rings is 1. The highest BCUT2D eigenvalue weighted by atomic mass is 16.3. The van der Waals surface area contributed by atoms with Crippen molar-refractivity contribution in [3.63, 3.8) is 0 Å². The number of H-pyrrole nitrogens is 1. The molecule has 27 heavy (non-hydrogen) atoms. The summed E-state index contributed by atoms with van der Waals surface area (Å²) in [6.07, 6.45) is 6.28. The summed E-state index contributed by atoms with van der Waals surface area (Å²) in [7, 11) is 1.83. The number of aromatic nitrogens is 6. The Hall–Kier alpha value is -4.01. The van der Waals surface area contributed by atoms with Gasteiger partial charge in [0.25, 0.3) is 5.91 Å². The average Bonchev–Trinajstić information content (AvgIpc) is 3.41. The van der Waals surface area contributed by atoms with E-state index in [0.29, 0.717) is 22.8 Å². The van der Waals surface area contributed by atoms with Crippen LogP contribution >= 0.6 is 0 Å². The van der Waals surface area contributed by atoms with Gasteiger partial charge in [0.15, 0.2) is 12.2 Å². The maximum atomic E-state index is 12.6. The fraction of sp³-hybridized carbons (Fsp3) is 0.0556. The van der Waals surface area contributed by atoms with Crippen molar-refractivity contribution in [2.45, 2.75) is 0 Å². The number of amides is 1. The number of aromatic amines is 1. The quantitative estimate of drug-likeness (QED) is 0.512. The summed E-state index contributed by atoms with van der Waals surface area (Å²) >= 11 is 0. The smallest absolute Gasteiger partial charge is 0.274 e. The van der Waals surface area contributed by atoms with Crippen molar-refractivity contribution < 1.29 is 9.21 Å². The van der Waals surface area contributed by atoms with Gasteiger partial charge in [0, 0.05) is 23.5 Å². The van der Waals surface area contributed by atoms with Crippen LogP contribution in [0.1, 0.15) is 10.5 Å². The van der Waals surface area contributed by atoms with E-state index in [9.17, 15) is 4.79 Å². The van der Waals surface area contributed by atoms with Crippen LogP contribution in [0.25, 0.3) is 33.3 Å². The van der Waals surface area contributed by atoms with E-state index in [1.807, 2.05) is 19.2 Å². The number of carbonyl (C=O) groups excluding carboxylic acids is 1. The third-order valence-corrected chi connectivity index (χ3v) is 4.35. The molecule has 0 aliphatic rings. The van der Waals surface area contributed by atoms with Crippen LogP contribution in [-0.2, 0) is 7.05 Å². The number of hydrogen-bond donors (Lipinski definition) is 2. The molecular formula is C18H13N7O2. The molecule has 0 saturated heterocycles. The molecule has 1 aromatic carbocycles. The largest absolute Gasteiger partial charge is 0.442 e. The number of carbonyl (C=O) groups is 1. The van der Waals surface area contributed by atoms with Gasteiger partial charge < -0.3 is 9.73 Å².